The maximum Gasteiger partial charge on any atom is -0.00188 e. The highest BCUT2D eigenvalue weighted by Gasteiger charge is 1.97. The normalized spacial score (nSPS) is 10.9. The lowest BCUT2D eigenvalue weighted by molar-refractivity contribution is 0.320. The van der Waals surface area contributed by atoms with Gasteiger partial charge < -0.3 is 10.6 Å². The molecule has 0 aliphatic rings. The van der Waals surface area contributed by atoms with Gasteiger partial charge in [-0.2, -0.15) is 0 Å². The van der Waals surface area contributed by atoms with Crippen molar-refractivity contribution in [2.24, 2.45) is 5.73 Å². The average Bonchev–Trinajstić information content (AvgIpc) is 2.23. The van der Waals surface area contributed by atoms with Crippen LogP contribution in [0.2, 0.25) is 0 Å². The highest BCUT2D eigenvalue weighted by molar-refractivity contribution is 4.66. The van der Waals surface area contributed by atoms with Crippen molar-refractivity contribution in [1.82, 2.24) is 4.90 Å². The fourth-order valence-corrected chi connectivity index (χ4v) is 1.67. The predicted octanol–water partition coefficient (Wildman–Crippen LogP) is 2.79. The summed E-state index contributed by atoms with van der Waals surface area (Å²) in [6.45, 7) is 7.02. The molecule has 0 radical (unpaired) electrons. The van der Waals surface area contributed by atoms with E-state index in [1.807, 2.05) is 6.08 Å². The quantitative estimate of drug-likeness (QED) is 0.421. The van der Waals surface area contributed by atoms with Crippen LogP contribution in [0.5, 0.6) is 0 Å². The molecule has 0 atom stereocenters. The van der Waals surface area contributed by atoms with E-state index in [2.05, 4.69) is 18.5 Å². The summed E-state index contributed by atoms with van der Waals surface area (Å²) in [6, 6.07) is 0. The van der Waals surface area contributed by atoms with Crippen molar-refractivity contribution in [2.75, 3.05) is 26.7 Å². The molecule has 2 nitrogen and oxygen atoms in total. The first kappa shape index (κ1) is 14.7. The molecule has 0 heterocycles. The van der Waals surface area contributed by atoms with Crippen molar-refractivity contribution in [3.63, 3.8) is 0 Å². The zero-order valence-corrected chi connectivity index (χ0v) is 10.4. The minimum atomic E-state index is 0.849. The summed E-state index contributed by atoms with van der Waals surface area (Å²) in [5.74, 6) is 0. The molecule has 15 heavy (non-hydrogen) atoms. The lowest BCUT2D eigenvalue weighted by Crippen LogP contribution is -2.20. The van der Waals surface area contributed by atoms with Crippen LogP contribution in [0, 0.1) is 0 Å². The number of nitrogens with two attached hydrogens (primary N) is 1. The number of unbranched alkanes of at least 4 members (excludes halogenated alkanes) is 5. The second kappa shape index (κ2) is 11.7. The molecule has 0 spiro atoms. The Balaban J connectivity index is 3.09. The predicted molar refractivity (Wildman–Crippen MR) is 69.1 cm³/mol. The molecule has 0 amide bonds. The first-order valence-corrected chi connectivity index (χ1v) is 6.30. The first-order chi connectivity index (χ1) is 7.31. The molecule has 2 heteroatoms. The lowest BCUT2D eigenvalue weighted by atomic mass is 10.1. The smallest absolute Gasteiger partial charge is 0.00188 e. The van der Waals surface area contributed by atoms with E-state index in [0.717, 1.165) is 13.0 Å². The van der Waals surface area contributed by atoms with Gasteiger partial charge in [-0.25, -0.2) is 0 Å². The molecule has 0 aromatic heterocycles. The summed E-state index contributed by atoms with van der Waals surface area (Å²) < 4.78 is 0. The minimum absolute atomic E-state index is 0.849. The highest BCUT2D eigenvalue weighted by Crippen LogP contribution is 2.03. The van der Waals surface area contributed by atoms with Crippen molar-refractivity contribution in [3.8, 4) is 0 Å². The molecule has 90 valence electrons. The maximum absolute atomic E-state index is 5.44. The zero-order valence-electron chi connectivity index (χ0n) is 10.4. The first-order valence-electron chi connectivity index (χ1n) is 6.30. The van der Waals surface area contributed by atoms with Crippen LogP contribution in [-0.4, -0.2) is 31.6 Å². The third-order valence-corrected chi connectivity index (χ3v) is 2.69. The van der Waals surface area contributed by atoms with Crippen molar-refractivity contribution in [1.29, 1.82) is 0 Å². The van der Waals surface area contributed by atoms with E-state index in [0.29, 0.717) is 0 Å². The van der Waals surface area contributed by atoms with Crippen molar-refractivity contribution in [2.45, 2.75) is 44.9 Å². The van der Waals surface area contributed by atoms with Gasteiger partial charge in [0, 0.05) is 0 Å². The lowest BCUT2D eigenvalue weighted by Gasteiger charge is -2.15. The van der Waals surface area contributed by atoms with E-state index >= 15 is 0 Å². The third-order valence-electron chi connectivity index (χ3n) is 2.69. The van der Waals surface area contributed by atoms with Crippen molar-refractivity contribution in [3.05, 3.63) is 12.7 Å². The summed E-state index contributed by atoms with van der Waals surface area (Å²) in [5.41, 5.74) is 5.44. The molecule has 0 aromatic rings. The van der Waals surface area contributed by atoms with Gasteiger partial charge in [0.15, 0.2) is 0 Å². The Kier molecular flexibility index (Phi) is 11.5. The molecule has 0 aliphatic carbocycles. The maximum atomic E-state index is 5.44. The van der Waals surface area contributed by atoms with Gasteiger partial charge in [-0.1, -0.05) is 25.3 Å². The standard InChI is InChI=1S/C13H28N2/c1-3-4-9-12-15(2)13-10-7-5-6-8-11-14/h3H,1,4-14H2,2H3. The topological polar surface area (TPSA) is 29.3 Å². The monoisotopic (exact) mass is 212 g/mol. The molecule has 0 aromatic carbocycles. The average molecular weight is 212 g/mol. The van der Waals surface area contributed by atoms with Crippen molar-refractivity contribution < 1.29 is 0 Å². The molecular formula is C13H28N2. The van der Waals surface area contributed by atoms with E-state index in [9.17, 15) is 0 Å². The van der Waals surface area contributed by atoms with Crippen LogP contribution in [0.1, 0.15) is 44.9 Å². The van der Waals surface area contributed by atoms with E-state index in [1.165, 1.54) is 51.6 Å². The van der Waals surface area contributed by atoms with Gasteiger partial charge in [0.2, 0.25) is 0 Å². The highest BCUT2D eigenvalue weighted by atomic mass is 15.1. The Morgan fingerprint density at radius 1 is 1.00 bits per heavy atom. The summed E-state index contributed by atoms with van der Waals surface area (Å²) in [4.78, 5) is 2.42. The number of nitrogens with zero attached hydrogens (tertiary/aromatic N) is 1. The Bertz CT molecular complexity index is 134. The molecule has 0 saturated carbocycles. The van der Waals surface area contributed by atoms with Crippen LogP contribution in [0.15, 0.2) is 12.7 Å². The molecule has 0 unspecified atom stereocenters. The van der Waals surface area contributed by atoms with E-state index in [-0.39, 0.29) is 0 Å². The van der Waals surface area contributed by atoms with E-state index in [4.69, 9.17) is 5.73 Å². The number of allylic oxidation sites excluding steroid dienone is 1. The van der Waals surface area contributed by atoms with E-state index < -0.39 is 0 Å². The van der Waals surface area contributed by atoms with Gasteiger partial charge in [-0.3, -0.25) is 0 Å². The number of rotatable bonds is 11. The molecular weight excluding hydrogens is 184 g/mol. The molecule has 0 aliphatic heterocycles. The summed E-state index contributed by atoms with van der Waals surface area (Å²) >= 11 is 0. The SMILES string of the molecule is C=CCCCN(C)CCCCCCCN. The molecule has 0 saturated heterocycles. The van der Waals surface area contributed by atoms with Crippen LogP contribution in [-0.2, 0) is 0 Å². The second-order valence-corrected chi connectivity index (χ2v) is 4.29. The number of hydrogen-bond acceptors (Lipinski definition) is 2. The van der Waals surface area contributed by atoms with Crippen molar-refractivity contribution >= 4 is 0 Å². The van der Waals surface area contributed by atoms with E-state index in [1.54, 1.807) is 0 Å². The summed E-state index contributed by atoms with van der Waals surface area (Å²) in [7, 11) is 2.21. The van der Waals surface area contributed by atoms with Crippen LogP contribution in [0.25, 0.3) is 0 Å². The zero-order chi connectivity index (χ0) is 11.4. The number of hydrogen-bond donors (Lipinski definition) is 1. The Hall–Kier alpha value is -0.340. The molecule has 0 bridgehead atoms. The fourth-order valence-electron chi connectivity index (χ4n) is 1.67. The van der Waals surface area contributed by atoms with Crippen LogP contribution in [0.3, 0.4) is 0 Å². The molecule has 0 fully saturated rings. The third kappa shape index (κ3) is 11.6. The molecule has 2 N–H and O–H groups in total. The summed E-state index contributed by atoms with van der Waals surface area (Å²) in [6.07, 6.45) is 10.9. The van der Waals surface area contributed by atoms with Gasteiger partial charge >= 0.3 is 0 Å². The van der Waals surface area contributed by atoms with Gasteiger partial charge in [-0.05, 0) is 52.4 Å². The Morgan fingerprint density at radius 3 is 2.27 bits per heavy atom. The largest absolute Gasteiger partial charge is 0.330 e. The second-order valence-electron chi connectivity index (χ2n) is 4.29. The summed E-state index contributed by atoms with van der Waals surface area (Å²) in [5, 5.41) is 0. The van der Waals surface area contributed by atoms with Gasteiger partial charge in [0.1, 0.15) is 0 Å². The minimum Gasteiger partial charge on any atom is -0.330 e. The molecule has 0 rings (SSSR count). The Morgan fingerprint density at radius 2 is 1.60 bits per heavy atom. The van der Waals surface area contributed by atoms with Crippen LogP contribution >= 0.6 is 0 Å². The van der Waals surface area contributed by atoms with Crippen LogP contribution < -0.4 is 5.73 Å². The fraction of sp³-hybridized carbons (Fsp3) is 0.846. The van der Waals surface area contributed by atoms with Crippen LogP contribution in [0.4, 0.5) is 0 Å². The Labute approximate surface area is 95.5 Å². The van der Waals surface area contributed by atoms with Gasteiger partial charge in [-0.15, -0.1) is 6.58 Å². The van der Waals surface area contributed by atoms with Gasteiger partial charge in [0.25, 0.3) is 0 Å². The van der Waals surface area contributed by atoms with Gasteiger partial charge in [0.05, 0.1) is 0 Å².